The van der Waals surface area contributed by atoms with Crippen LogP contribution in [0.25, 0.3) is 23.3 Å². The molecule has 0 aliphatic heterocycles. The van der Waals surface area contributed by atoms with E-state index in [2.05, 4.69) is 14.5 Å². The Labute approximate surface area is 181 Å². The summed E-state index contributed by atoms with van der Waals surface area (Å²) in [6, 6.07) is 15.8. The SMILES string of the molecule is C(=C\c1nc2ccccc2o1)/c1ccc(OCCCCCn2ccnc2)cc1.Cl.O. The third kappa shape index (κ3) is 6.47. The first-order valence-corrected chi connectivity index (χ1v) is 9.59. The van der Waals surface area contributed by atoms with Crippen molar-refractivity contribution in [2.45, 2.75) is 25.8 Å². The van der Waals surface area contributed by atoms with E-state index < -0.39 is 0 Å². The molecule has 158 valence electrons. The second-order valence-corrected chi connectivity index (χ2v) is 6.63. The monoisotopic (exact) mass is 427 g/mol. The van der Waals surface area contributed by atoms with E-state index in [4.69, 9.17) is 9.15 Å². The van der Waals surface area contributed by atoms with E-state index in [9.17, 15) is 0 Å². The highest BCUT2D eigenvalue weighted by Gasteiger charge is 2.01. The number of imidazole rings is 1. The van der Waals surface area contributed by atoms with Crippen LogP contribution in [0.3, 0.4) is 0 Å². The van der Waals surface area contributed by atoms with E-state index in [1.807, 2.05) is 79.4 Å². The number of hydrogen-bond acceptors (Lipinski definition) is 4. The predicted molar refractivity (Wildman–Crippen MR) is 122 cm³/mol. The van der Waals surface area contributed by atoms with Crippen molar-refractivity contribution in [1.82, 2.24) is 14.5 Å². The molecular weight excluding hydrogens is 402 g/mol. The van der Waals surface area contributed by atoms with Crippen LogP contribution in [-0.4, -0.2) is 26.6 Å². The van der Waals surface area contributed by atoms with Crippen LogP contribution in [0.4, 0.5) is 0 Å². The largest absolute Gasteiger partial charge is 0.494 e. The van der Waals surface area contributed by atoms with Crippen LogP contribution in [0.2, 0.25) is 0 Å². The molecule has 30 heavy (non-hydrogen) atoms. The topological polar surface area (TPSA) is 84.6 Å². The fourth-order valence-corrected chi connectivity index (χ4v) is 2.99. The number of ether oxygens (including phenoxy) is 1. The molecule has 2 heterocycles. The van der Waals surface area contributed by atoms with Gasteiger partial charge in [-0.15, -0.1) is 12.4 Å². The number of oxazole rings is 1. The zero-order chi connectivity index (χ0) is 19.0. The standard InChI is InChI=1S/C23H23N3O2.ClH.H2O/c1(4-15-26-16-14-24-18-26)5-17-27-20-11-8-19(9-12-20)10-13-23-25-21-6-2-3-7-22(21)28-23;;/h2-3,6-14,16,18H,1,4-5,15,17H2;1H;1H2/b13-10+;;. The lowest BCUT2D eigenvalue weighted by atomic mass is 10.2. The summed E-state index contributed by atoms with van der Waals surface area (Å²) in [6.45, 7) is 1.75. The summed E-state index contributed by atoms with van der Waals surface area (Å²) in [5, 5.41) is 0. The molecule has 2 aromatic carbocycles. The van der Waals surface area contributed by atoms with Crippen molar-refractivity contribution < 1.29 is 14.6 Å². The number of benzene rings is 2. The minimum Gasteiger partial charge on any atom is -0.494 e. The molecule has 0 bridgehead atoms. The molecule has 0 saturated heterocycles. The van der Waals surface area contributed by atoms with Gasteiger partial charge in [0, 0.05) is 25.0 Å². The van der Waals surface area contributed by atoms with Gasteiger partial charge in [-0.05, 0) is 55.2 Å². The van der Waals surface area contributed by atoms with Gasteiger partial charge in [-0.1, -0.05) is 24.3 Å². The fraction of sp³-hybridized carbons (Fsp3) is 0.217. The third-order valence-electron chi connectivity index (χ3n) is 4.50. The van der Waals surface area contributed by atoms with Crippen LogP contribution in [0.5, 0.6) is 5.75 Å². The first-order chi connectivity index (χ1) is 13.9. The number of rotatable bonds is 9. The Morgan fingerprint density at radius 1 is 0.967 bits per heavy atom. The molecule has 0 aliphatic rings. The van der Waals surface area contributed by atoms with Crippen LogP contribution in [-0.2, 0) is 6.54 Å². The van der Waals surface area contributed by atoms with E-state index in [1.165, 1.54) is 0 Å². The lowest BCUT2D eigenvalue weighted by molar-refractivity contribution is 0.304. The molecule has 0 unspecified atom stereocenters. The summed E-state index contributed by atoms with van der Waals surface area (Å²) in [4.78, 5) is 8.49. The van der Waals surface area contributed by atoms with Crippen molar-refractivity contribution in [1.29, 1.82) is 0 Å². The smallest absolute Gasteiger partial charge is 0.220 e. The van der Waals surface area contributed by atoms with Gasteiger partial charge in [-0.25, -0.2) is 9.97 Å². The normalized spacial score (nSPS) is 10.7. The molecule has 4 rings (SSSR count). The number of aryl methyl sites for hydroxylation is 1. The number of para-hydroxylation sites is 2. The van der Waals surface area contributed by atoms with Gasteiger partial charge in [-0.3, -0.25) is 0 Å². The van der Waals surface area contributed by atoms with Crippen molar-refractivity contribution in [3.8, 4) is 5.75 Å². The number of unbranched alkanes of at least 4 members (excludes halogenated alkanes) is 2. The zero-order valence-electron chi connectivity index (χ0n) is 16.6. The van der Waals surface area contributed by atoms with Crippen molar-refractivity contribution in [3.63, 3.8) is 0 Å². The molecule has 4 aromatic rings. The van der Waals surface area contributed by atoms with Gasteiger partial charge in [0.25, 0.3) is 0 Å². The predicted octanol–water partition coefficient (Wildman–Crippen LogP) is 5.04. The van der Waals surface area contributed by atoms with Crippen molar-refractivity contribution in [2.75, 3.05) is 6.61 Å². The molecule has 0 spiro atoms. The molecule has 0 aliphatic carbocycles. The first-order valence-electron chi connectivity index (χ1n) is 9.59. The maximum atomic E-state index is 5.83. The molecule has 6 nitrogen and oxygen atoms in total. The van der Waals surface area contributed by atoms with Gasteiger partial charge < -0.3 is 19.2 Å². The van der Waals surface area contributed by atoms with E-state index in [1.54, 1.807) is 0 Å². The van der Waals surface area contributed by atoms with Crippen LogP contribution < -0.4 is 4.74 Å². The number of fused-ring (bicyclic) bond motifs is 1. The molecule has 0 saturated carbocycles. The van der Waals surface area contributed by atoms with Crippen LogP contribution in [0, 0.1) is 0 Å². The number of halogens is 1. The highest BCUT2D eigenvalue weighted by Crippen LogP contribution is 2.18. The highest BCUT2D eigenvalue weighted by atomic mass is 35.5. The van der Waals surface area contributed by atoms with Crippen molar-refractivity contribution in [3.05, 3.63) is 78.7 Å². The number of aromatic nitrogens is 3. The van der Waals surface area contributed by atoms with E-state index >= 15 is 0 Å². The lowest BCUT2D eigenvalue weighted by Crippen LogP contribution is -1.99. The minimum absolute atomic E-state index is 0. The number of nitrogens with zero attached hydrogens (tertiary/aromatic N) is 3. The van der Waals surface area contributed by atoms with Crippen molar-refractivity contribution >= 4 is 35.7 Å². The Morgan fingerprint density at radius 2 is 1.80 bits per heavy atom. The Morgan fingerprint density at radius 3 is 2.57 bits per heavy atom. The summed E-state index contributed by atoms with van der Waals surface area (Å²) in [7, 11) is 0. The third-order valence-corrected chi connectivity index (χ3v) is 4.50. The van der Waals surface area contributed by atoms with Gasteiger partial charge in [0.2, 0.25) is 5.89 Å². The first kappa shape index (κ1) is 23.2. The molecular formula is C23H26ClN3O3. The highest BCUT2D eigenvalue weighted by molar-refractivity contribution is 5.85. The molecule has 2 N–H and O–H groups in total. The summed E-state index contributed by atoms with van der Waals surface area (Å²) >= 11 is 0. The Kier molecular flexibility index (Phi) is 9.12. The maximum Gasteiger partial charge on any atom is 0.220 e. The fourth-order valence-electron chi connectivity index (χ4n) is 2.99. The van der Waals surface area contributed by atoms with Gasteiger partial charge in [-0.2, -0.15) is 0 Å². The summed E-state index contributed by atoms with van der Waals surface area (Å²) in [5.74, 6) is 1.51. The van der Waals surface area contributed by atoms with Crippen LogP contribution in [0.1, 0.15) is 30.7 Å². The summed E-state index contributed by atoms with van der Waals surface area (Å²) < 4.78 is 13.6. The molecule has 0 fully saturated rings. The van der Waals surface area contributed by atoms with Crippen molar-refractivity contribution in [2.24, 2.45) is 0 Å². The molecule has 0 radical (unpaired) electrons. The minimum atomic E-state index is 0. The Hall–Kier alpha value is -3.09. The van der Waals surface area contributed by atoms with Crippen LogP contribution in [0.15, 0.2) is 71.7 Å². The second kappa shape index (κ2) is 11.8. The average molecular weight is 428 g/mol. The average Bonchev–Trinajstić information content (AvgIpc) is 3.39. The van der Waals surface area contributed by atoms with Gasteiger partial charge in [0.15, 0.2) is 5.58 Å². The van der Waals surface area contributed by atoms with Gasteiger partial charge >= 0.3 is 0 Å². The molecule has 2 aromatic heterocycles. The molecule has 0 atom stereocenters. The lowest BCUT2D eigenvalue weighted by Gasteiger charge is -2.06. The Bertz CT molecular complexity index is 994. The summed E-state index contributed by atoms with van der Waals surface area (Å²) in [6.07, 6.45) is 12.9. The van der Waals surface area contributed by atoms with Gasteiger partial charge in [0.05, 0.1) is 12.9 Å². The number of hydrogen-bond donors (Lipinski definition) is 0. The maximum absolute atomic E-state index is 5.83. The zero-order valence-corrected chi connectivity index (χ0v) is 17.4. The van der Waals surface area contributed by atoms with Gasteiger partial charge in [0.1, 0.15) is 11.3 Å². The molecule has 0 amide bonds. The second-order valence-electron chi connectivity index (χ2n) is 6.63. The Balaban J connectivity index is 0.00000160. The van der Waals surface area contributed by atoms with Crippen LogP contribution >= 0.6 is 12.4 Å². The van der Waals surface area contributed by atoms with E-state index in [0.717, 1.165) is 54.8 Å². The van der Waals surface area contributed by atoms with E-state index in [0.29, 0.717) is 5.89 Å². The summed E-state index contributed by atoms with van der Waals surface area (Å²) in [5.41, 5.74) is 2.75. The quantitative estimate of drug-likeness (QED) is 0.350. The molecule has 7 heteroatoms. The van der Waals surface area contributed by atoms with E-state index in [-0.39, 0.29) is 17.9 Å².